The minimum atomic E-state index is -3.54. The van der Waals surface area contributed by atoms with E-state index in [-0.39, 0.29) is 31.6 Å². The van der Waals surface area contributed by atoms with Crippen LogP contribution >= 0.6 is 0 Å². The SMILES string of the molecule is CS(=O)(=O)C1(C(=O)NCCn2c(=O)[nH]c3ccccc32)CCNCC1. The molecule has 0 unspecified atom stereocenters. The number of aromatic nitrogens is 2. The monoisotopic (exact) mass is 366 g/mol. The lowest BCUT2D eigenvalue weighted by molar-refractivity contribution is -0.124. The van der Waals surface area contributed by atoms with Crippen molar-refractivity contribution in [3.8, 4) is 0 Å². The van der Waals surface area contributed by atoms with Crippen molar-refractivity contribution in [2.75, 3.05) is 25.9 Å². The van der Waals surface area contributed by atoms with Crippen LogP contribution in [0, 0.1) is 0 Å². The van der Waals surface area contributed by atoms with Crippen LogP contribution in [0.1, 0.15) is 12.8 Å². The molecule has 3 rings (SSSR count). The molecule has 1 aliphatic heterocycles. The highest BCUT2D eigenvalue weighted by atomic mass is 32.2. The van der Waals surface area contributed by atoms with Gasteiger partial charge < -0.3 is 15.6 Å². The minimum absolute atomic E-state index is 0.186. The van der Waals surface area contributed by atoms with E-state index in [1.54, 1.807) is 6.07 Å². The Morgan fingerprint density at radius 3 is 2.64 bits per heavy atom. The summed E-state index contributed by atoms with van der Waals surface area (Å²) in [4.78, 5) is 27.4. The van der Waals surface area contributed by atoms with E-state index < -0.39 is 20.5 Å². The van der Waals surface area contributed by atoms with E-state index in [1.165, 1.54) is 4.57 Å². The molecule has 8 nitrogen and oxygen atoms in total. The van der Waals surface area contributed by atoms with Gasteiger partial charge in [-0.1, -0.05) is 12.1 Å². The summed E-state index contributed by atoms with van der Waals surface area (Å²) < 4.78 is 24.6. The smallest absolute Gasteiger partial charge is 0.326 e. The molecule has 1 aromatic carbocycles. The van der Waals surface area contributed by atoms with Gasteiger partial charge >= 0.3 is 5.69 Å². The summed E-state index contributed by atoms with van der Waals surface area (Å²) in [6.45, 7) is 1.43. The zero-order valence-corrected chi connectivity index (χ0v) is 14.9. The van der Waals surface area contributed by atoms with Gasteiger partial charge in [-0.2, -0.15) is 0 Å². The van der Waals surface area contributed by atoms with Crippen LogP contribution in [0.3, 0.4) is 0 Å². The average molecular weight is 366 g/mol. The normalized spacial score (nSPS) is 17.5. The molecule has 3 N–H and O–H groups in total. The molecule has 2 heterocycles. The Morgan fingerprint density at radius 1 is 1.28 bits per heavy atom. The predicted molar refractivity (Wildman–Crippen MR) is 95.2 cm³/mol. The third-order valence-corrected chi connectivity index (χ3v) is 6.85. The first-order valence-corrected chi connectivity index (χ1v) is 10.1. The second-order valence-corrected chi connectivity index (χ2v) is 8.70. The summed E-state index contributed by atoms with van der Waals surface area (Å²) in [5, 5.41) is 5.79. The van der Waals surface area contributed by atoms with Gasteiger partial charge in [-0.3, -0.25) is 9.36 Å². The molecule has 1 fully saturated rings. The largest absolute Gasteiger partial charge is 0.353 e. The maximum absolute atomic E-state index is 12.6. The number of piperidine rings is 1. The molecule has 1 saturated heterocycles. The number of aromatic amines is 1. The van der Waals surface area contributed by atoms with E-state index in [1.807, 2.05) is 18.2 Å². The Bertz CT molecular complexity index is 938. The van der Waals surface area contributed by atoms with Crippen molar-refractivity contribution in [2.45, 2.75) is 24.1 Å². The number of hydrogen-bond donors (Lipinski definition) is 3. The van der Waals surface area contributed by atoms with Gasteiger partial charge in [0, 0.05) is 19.3 Å². The van der Waals surface area contributed by atoms with Crippen LogP contribution in [0.25, 0.3) is 11.0 Å². The van der Waals surface area contributed by atoms with Crippen molar-refractivity contribution < 1.29 is 13.2 Å². The number of para-hydroxylation sites is 2. The highest BCUT2D eigenvalue weighted by Crippen LogP contribution is 2.27. The standard InChI is InChI=1S/C16H22N4O4S/c1-25(23,24)16(6-8-17-9-7-16)14(21)18-10-11-20-13-5-3-2-4-12(13)19-15(20)22/h2-5,17H,6-11H2,1H3,(H,18,21)(H,19,22). The van der Waals surface area contributed by atoms with Gasteiger partial charge in [0.15, 0.2) is 14.6 Å². The summed E-state index contributed by atoms with van der Waals surface area (Å²) >= 11 is 0. The van der Waals surface area contributed by atoms with E-state index in [4.69, 9.17) is 0 Å². The first-order valence-electron chi connectivity index (χ1n) is 8.21. The number of carbonyl (C=O) groups excluding carboxylic acids is 1. The average Bonchev–Trinajstić information content (AvgIpc) is 2.90. The molecule has 1 aromatic heterocycles. The van der Waals surface area contributed by atoms with Gasteiger partial charge in [0.25, 0.3) is 0 Å². The van der Waals surface area contributed by atoms with Crippen LogP contribution in [0.15, 0.2) is 29.1 Å². The highest BCUT2D eigenvalue weighted by molar-refractivity contribution is 7.92. The molecule has 0 radical (unpaired) electrons. The maximum Gasteiger partial charge on any atom is 0.326 e. The van der Waals surface area contributed by atoms with Gasteiger partial charge in [0.1, 0.15) is 0 Å². The van der Waals surface area contributed by atoms with Crippen LogP contribution in [0.2, 0.25) is 0 Å². The van der Waals surface area contributed by atoms with E-state index in [2.05, 4.69) is 15.6 Å². The number of H-pyrrole nitrogens is 1. The van der Waals surface area contributed by atoms with Crippen molar-refractivity contribution in [3.05, 3.63) is 34.7 Å². The lowest BCUT2D eigenvalue weighted by Gasteiger charge is -2.34. The van der Waals surface area contributed by atoms with Crippen molar-refractivity contribution in [2.24, 2.45) is 0 Å². The lowest BCUT2D eigenvalue weighted by atomic mass is 9.96. The van der Waals surface area contributed by atoms with E-state index in [0.717, 1.165) is 17.3 Å². The zero-order chi connectivity index (χ0) is 18.1. The number of nitrogens with one attached hydrogen (secondary N) is 3. The topological polar surface area (TPSA) is 113 Å². The summed E-state index contributed by atoms with van der Waals surface area (Å²) in [5.41, 5.74) is 1.22. The van der Waals surface area contributed by atoms with Crippen LogP contribution in [-0.2, 0) is 21.2 Å². The van der Waals surface area contributed by atoms with E-state index in [0.29, 0.717) is 13.1 Å². The van der Waals surface area contributed by atoms with Crippen LogP contribution in [0.4, 0.5) is 0 Å². The number of sulfone groups is 1. The Kier molecular flexibility index (Phi) is 4.70. The first kappa shape index (κ1) is 17.7. The first-order chi connectivity index (χ1) is 11.8. The van der Waals surface area contributed by atoms with Crippen molar-refractivity contribution in [1.29, 1.82) is 0 Å². The zero-order valence-electron chi connectivity index (χ0n) is 14.0. The van der Waals surface area contributed by atoms with Crippen molar-refractivity contribution in [3.63, 3.8) is 0 Å². The summed E-state index contributed by atoms with van der Waals surface area (Å²) in [6, 6.07) is 7.29. The second kappa shape index (κ2) is 6.64. The number of nitrogens with zero attached hydrogens (tertiary/aromatic N) is 1. The Balaban J connectivity index is 1.73. The molecule has 0 atom stereocenters. The lowest BCUT2D eigenvalue weighted by Crippen LogP contribution is -2.57. The minimum Gasteiger partial charge on any atom is -0.353 e. The number of amides is 1. The number of hydrogen-bond acceptors (Lipinski definition) is 5. The molecule has 9 heteroatoms. The molecule has 136 valence electrons. The van der Waals surface area contributed by atoms with Crippen LogP contribution in [-0.4, -0.2) is 54.5 Å². The fraction of sp³-hybridized carbons (Fsp3) is 0.500. The van der Waals surface area contributed by atoms with Gasteiger partial charge in [-0.15, -0.1) is 0 Å². The quantitative estimate of drug-likeness (QED) is 0.667. The number of carbonyl (C=O) groups is 1. The molecule has 0 aliphatic carbocycles. The molecular formula is C16H22N4O4S. The Labute approximate surface area is 145 Å². The van der Waals surface area contributed by atoms with E-state index >= 15 is 0 Å². The summed E-state index contributed by atoms with van der Waals surface area (Å²) in [6.07, 6.45) is 1.62. The van der Waals surface area contributed by atoms with Crippen LogP contribution in [0.5, 0.6) is 0 Å². The van der Waals surface area contributed by atoms with Crippen molar-refractivity contribution in [1.82, 2.24) is 20.2 Å². The fourth-order valence-corrected chi connectivity index (χ4v) is 4.72. The number of benzene rings is 1. The molecule has 25 heavy (non-hydrogen) atoms. The Hall–Kier alpha value is -2.13. The maximum atomic E-state index is 12.6. The Morgan fingerprint density at radius 2 is 1.96 bits per heavy atom. The van der Waals surface area contributed by atoms with Crippen molar-refractivity contribution >= 4 is 26.8 Å². The molecule has 1 amide bonds. The molecule has 1 aliphatic rings. The number of imidazole rings is 1. The highest BCUT2D eigenvalue weighted by Gasteiger charge is 2.48. The molecule has 0 spiro atoms. The number of rotatable bonds is 5. The van der Waals surface area contributed by atoms with Gasteiger partial charge in [0.05, 0.1) is 11.0 Å². The van der Waals surface area contributed by atoms with Gasteiger partial charge in [-0.25, -0.2) is 13.2 Å². The van der Waals surface area contributed by atoms with Gasteiger partial charge in [-0.05, 0) is 38.1 Å². The predicted octanol–water partition coefficient (Wildman–Crippen LogP) is -0.387. The third-order valence-electron chi connectivity index (χ3n) is 4.84. The second-order valence-electron chi connectivity index (χ2n) is 6.37. The van der Waals surface area contributed by atoms with Gasteiger partial charge in [0.2, 0.25) is 5.91 Å². The third kappa shape index (κ3) is 3.21. The molecule has 0 saturated carbocycles. The summed E-state index contributed by atoms with van der Waals surface area (Å²) in [7, 11) is -3.54. The molecular weight excluding hydrogens is 344 g/mol. The number of fused-ring (bicyclic) bond motifs is 1. The molecule has 0 bridgehead atoms. The summed E-state index contributed by atoms with van der Waals surface area (Å²) in [5.74, 6) is -0.482. The van der Waals surface area contributed by atoms with Crippen LogP contribution < -0.4 is 16.3 Å². The van der Waals surface area contributed by atoms with E-state index in [9.17, 15) is 18.0 Å². The fourth-order valence-electron chi connectivity index (χ4n) is 3.37. The molecule has 2 aromatic rings.